The van der Waals surface area contributed by atoms with Crippen molar-refractivity contribution in [3.8, 4) is 0 Å². The molecule has 1 aromatic rings. The summed E-state index contributed by atoms with van der Waals surface area (Å²) in [6, 6.07) is 2.17. The zero-order valence-electron chi connectivity index (χ0n) is 11.3. The number of hydrogen-bond acceptors (Lipinski definition) is 3. The van der Waals surface area contributed by atoms with Gasteiger partial charge in [0.1, 0.15) is 0 Å². The van der Waals surface area contributed by atoms with E-state index in [9.17, 15) is 4.79 Å². The third-order valence-electron chi connectivity index (χ3n) is 3.27. The summed E-state index contributed by atoms with van der Waals surface area (Å²) in [4.78, 5) is 13.1. The quantitative estimate of drug-likeness (QED) is 0.859. The molecule has 0 bridgehead atoms. The molecule has 100 valence electrons. The van der Waals surface area contributed by atoms with Gasteiger partial charge in [0.15, 0.2) is 0 Å². The van der Waals surface area contributed by atoms with E-state index in [-0.39, 0.29) is 5.91 Å². The van der Waals surface area contributed by atoms with E-state index in [1.54, 1.807) is 19.0 Å². The maximum atomic E-state index is 11.5. The van der Waals surface area contributed by atoms with E-state index in [2.05, 4.69) is 21.2 Å². The highest BCUT2D eigenvalue weighted by molar-refractivity contribution is 5.75. The second-order valence-corrected chi connectivity index (χ2v) is 5.02. The molecule has 1 amide bonds. The van der Waals surface area contributed by atoms with Crippen LogP contribution >= 0.6 is 0 Å². The van der Waals surface area contributed by atoms with Crippen molar-refractivity contribution in [1.82, 2.24) is 20.0 Å². The minimum absolute atomic E-state index is 0.192. The molecule has 1 aromatic heterocycles. The average Bonchev–Trinajstić information content (AvgIpc) is 2.59. The minimum atomic E-state index is 0.192. The van der Waals surface area contributed by atoms with Crippen molar-refractivity contribution in [2.45, 2.75) is 38.8 Å². The Bertz CT molecular complexity index is 388. The topological polar surface area (TPSA) is 50.2 Å². The molecule has 0 aliphatic carbocycles. The van der Waals surface area contributed by atoms with Crippen molar-refractivity contribution in [2.24, 2.45) is 0 Å². The largest absolute Gasteiger partial charge is 0.349 e. The number of amides is 1. The fraction of sp³-hybridized carbons (Fsp3) is 0.692. The molecule has 0 fully saturated rings. The summed E-state index contributed by atoms with van der Waals surface area (Å²) >= 11 is 0. The van der Waals surface area contributed by atoms with Crippen LogP contribution in [-0.2, 0) is 24.3 Å². The zero-order chi connectivity index (χ0) is 13.0. The van der Waals surface area contributed by atoms with Crippen LogP contribution in [-0.4, -0.2) is 41.2 Å². The predicted octanol–water partition coefficient (Wildman–Crippen LogP) is 0.787. The Balaban J connectivity index is 1.85. The molecule has 1 N–H and O–H groups in total. The lowest BCUT2D eigenvalue weighted by Gasteiger charge is -2.08. The Morgan fingerprint density at radius 2 is 2.39 bits per heavy atom. The first-order valence-corrected chi connectivity index (χ1v) is 6.63. The first-order chi connectivity index (χ1) is 8.66. The second kappa shape index (κ2) is 6.00. The van der Waals surface area contributed by atoms with Gasteiger partial charge in [-0.1, -0.05) is 0 Å². The molecule has 0 saturated heterocycles. The van der Waals surface area contributed by atoms with E-state index in [1.807, 2.05) is 0 Å². The van der Waals surface area contributed by atoms with E-state index in [0.29, 0.717) is 6.42 Å². The third kappa shape index (κ3) is 3.32. The third-order valence-corrected chi connectivity index (χ3v) is 3.27. The molecular weight excluding hydrogens is 228 g/mol. The van der Waals surface area contributed by atoms with Crippen molar-refractivity contribution < 1.29 is 4.79 Å². The molecular formula is C13H22N4O. The number of aryl methyl sites for hydroxylation is 2. The standard InChI is InChI=1S/C13H22N4O/c1-16(2)13(18)6-3-5-11-9-12-10-14-7-4-8-17(12)15-11/h9,14H,3-8,10H2,1-2H3. The summed E-state index contributed by atoms with van der Waals surface area (Å²) in [5.74, 6) is 0.192. The Morgan fingerprint density at radius 1 is 1.56 bits per heavy atom. The van der Waals surface area contributed by atoms with E-state index < -0.39 is 0 Å². The lowest BCUT2D eigenvalue weighted by atomic mass is 10.2. The van der Waals surface area contributed by atoms with Crippen molar-refractivity contribution in [1.29, 1.82) is 0 Å². The maximum absolute atomic E-state index is 11.5. The van der Waals surface area contributed by atoms with Gasteiger partial charge >= 0.3 is 0 Å². The number of rotatable bonds is 4. The zero-order valence-corrected chi connectivity index (χ0v) is 11.3. The summed E-state index contributed by atoms with van der Waals surface area (Å²) in [5, 5.41) is 7.99. The lowest BCUT2D eigenvalue weighted by molar-refractivity contribution is -0.128. The molecule has 0 unspecified atom stereocenters. The lowest BCUT2D eigenvalue weighted by Crippen LogP contribution is -2.21. The highest BCUT2D eigenvalue weighted by Crippen LogP contribution is 2.11. The van der Waals surface area contributed by atoms with E-state index in [0.717, 1.165) is 44.6 Å². The normalized spacial score (nSPS) is 15.0. The molecule has 5 nitrogen and oxygen atoms in total. The van der Waals surface area contributed by atoms with Gasteiger partial charge in [0.25, 0.3) is 0 Å². The summed E-state index contributed by atoms with van der Waals surface area (Å²) in [5.41, 5.74) is 2.38. The predicted molar refractivity (Wildman–Crippen MR) is 70.2 cm³/mol. The van der Waals surface area contributed by atoms with Gasteiger partial charge in [-0.05, 0) is 31.9 Å². The summed E-state index contributed by atoms with van der Waals surface area (Å²) in [6.45, 7) is 2.97. The van der Waals surface area contributed by atoms with Gasteiger partial charge in [0, 0.05) is 33.6 Å². The van der Waals surface area contributed by atoms with Crippen molar-refractivity contribution in [3.63, 3.8) is 0 Å². The van der Waals surface area contributed by atoms with Crippen LogP contribution in [0.4, 0.5) is 0 Å². The van der Waals surface area contributed by atoms with Gasteiger partial charge < -0.3 is 10.2 Å². The molecule has 18 heavy (non-hydrogen) atoms. The fourth-order valence-corrected chi connectivity index (χ4v) is 2.19. The van der Waals surface area contributed by atoms with Crippen molar-refractivity contribution in [2.75, 3.05) is 20.6 Å². The molecule has 5 heteroatoms. The summed E-state index contributed by atoms with van der Waals surface area (Å²) < 4.78 is 2.10. The van der Waals surface area contributed by atoms with Crippen LogP contribution in [0.1, 0.15) is 30.7 Å². The van der Waals surface area contributed by atoms with Gasteiger partial charge in [-0.3, -0.25) is 9.48 Å². The molecule has 0 atom stereocenters. The Kier molecular flexibility index (Phi) is 4.36. The first-order valence-electron chi connectivity index (χ1n) is 6.63. The summed E-state index contributed by atoms with van der Waals surface area (Å²) in [6.07, 6.45) is 3.50. The highest BCUT2D eigenvalue weighted by Gasteiger charge is 2.11. The molecule has 0 saturated carbocycles. The monoisotopic (exact) mass is 250 g/mol. The molecule has 0 radical (unpaired) electrons. The van der Waals surface area contributed by atoms with Crippen LogP contribution in [0.2, 0.25) is 0 Å². The molecule has 0 aromatic carbocycles. The number of nitrogens with one attached hydrogen (secondary N) is 1. The SMILES string of the molecule is CN(C)C(=O)CCCc1cc2n(n1)CCCNC2. The van der Waals surface area contributed by atoms with Gasteiger partial charge in [0.2, 0.25) is 5.91 Å². The van der Waals surface area contributed by atoms with E-state index in [1.165, 1.54) is 5.69 Å². The molecule has 2 rings (SSSR count). The van der Waals surface area contributed by atoms with Crippen LogP contribution < -0.4 is 5.32 Å². The molecule has 0 spiro atoms. The van der Waals surface area contributed by atoms with Crippen molar-refractivity contribution in [3.05, 3.63) is 17.5 Å². The van der Waals surface area contributed by atoms with Crippen LogP contribution in [0.5, 0.6) is 0 Å². The first kappa shape index (κ1) is 13.1. The van der Waals surface area contributed by atoms with Crippen LogP contribution in [0.3, 0.4) is 0 Å². The van der Waals surface area contributed by atoms with Gasteiger partial charge in [-0.2, -0.15) is 5.10 Å². The summed E-state index contributed by atoms with van der Waals surface area (Å²) in [7, 11) is 3.60. The number of hydrogen-bond donors (Lipinski definition) is 1. The minimum Gasteiger partial charge on any atom is -0.349 e. The average molecular weight is 250 g/mol. The molecule has 1 aliphatic heterocycles. The van der Waals surface area contributed by atoms with E-state index >= 15 is 0 Å². The van der Waals surface area contributed by atoms with Crippen LogP contribution in [0.15, 0.2) is 6.07 Å². The molecule has 1 aliphatic rings. The van der Waals surface area contributed by atoms with Gasteiger partial charge in [-0.15, -0.1) is 0 Å². The smallest absolute Gasteiger partial charge is 0.222 e. The Morgan fingerprint density at radius 3 is 3.17 bits per heavy atom. The van der Waals surface area contributed by atoms with Gasteiger partial charge in [-0.25, -0.2) is 0 Å². The van der Waals surface area contributed by atoms with E-state index in [4.69, 9.17) is 0 Å². The Labute approximate surface area is 108 Å². The van der Waals surface area contributed by atoms with Crippen molar-refractivity contribution >= 4 is 5.91 Å². The number of fused-ring (bicyclic) bond motifs is 1. The fourth-order valence-electron chi connectivity index (χ4n) is 2.19. The second-order valence-electron chi connectivity index (χ2n) is 5.02. The van der Waals surface area contributed by atoms with Crippen LogP contribution in [0, 0.1) is 0 Å². The number of carbonyl (C=O) groups excluding carboxylic acids is 1. The van der Waals surface area contributed by atoms with Crippen LogP contribution in [0.25, 0.3) is 0 Å². The molecule has 2 heterocycles. The van der Waals surface area contributed by atoms with Gasteiger partial charge in [0.05, 0.1) is 11.4 Å². The number of nitrogens with zero attached hydrogens (tertiary/aromatic N) is 3. The maximum Gasteiger partial charge on any atom is 0.222 e. The highest BCUT2D eigenvalue weighted by atomic mass is 16.2. The Hall–Kier alpha value is -1.36. The number of carbonyl (C=O) groups is 1. The number of aromatic nitrogens is 2.